The monoisotopic (exact) mass is 240 g/mol. The van der Waals surface area contributed by atoms with E-state index in [1.54, 1.807) is 0 Å². The van der Waals surface area contributed by atoms with E-state index in [1.807, 2.05) is 24.3 Å². The van der Waals surface area contributed by atoms with Crippen LogP contribution in [0.2, 0.25) is 0 Å². The highest BCUT2D eigenvalue weighted by Gasteiger charge is 2.15. The number of anilines is 2. The Kier molecular flexibility index (Phi) is 2.63. The summed E-state index contributed by atoms with van der Waals surface area (Å²) in [5.41, 5.74) is 9.19. The molecule has 0 radical (unpaired) electrons. The van der Waals surface area contributed by atoms with Gasteiger partial charge in [-0.25, -0.2) is 9.97 Å². The number of aromatic nitrogens is 2. The van der Waals surface area contributed by atoms with Crippen molar-refractivity contribution in [2.24, 2.45) is 0 Å². The Hall–Kier alpha value is -2.10. The lowest BCUT2D eigenvalue weighted by molar-refractivity contribution is 0.777. The lowest BCUT2D eigenvalue weighted by Crippen LogP contribution is -2.30. The molecule has 1 aliphatic rings. The maximum absolute atomic E-state index is 6.02. The highest BCUT2D eigenvalue weighted by Crippen LogP contribution is 2.24. The Morgan fingerprint density at radius 3 is 2.56 bits per heavy atom. The molecule has 0 amide bonds. The molecule has 0 aliphatic carbocycles. The Bertz CT molecular complexity index is 618. The first-order valence-corrected chi connectivity index (χ1v) is 6.17. The quantitative estimate of drug-likeness (QED) is 0.777. The summed E-state index contributed by atoms with van der Waals surface area (Å²) in [6, 6.07) is 7.82. The number of hydrogen-bond acceptors (Lipinski definition) is 4. The number of hydrogen-bond donors (Lipinski definition) is 1. The Labute approximate surface area is 106 Å². The van der Waals surface area contributed by atoms with Gasteiger partial charge in [0.25, 0.3) is 0 Å². The Balaban J connectivity index is 2.04. The van der Waals surface area contributed by atoms with Crippen LogP contribution >= 0.6 is 0 Å². The van der Waals surface area contributed by atoms with Crippen molar-refractivity contribution >= 4 is 22.7 Å². The Morgan fingerprint density at radius 1 is 1.17 bits per heavy atom. The fraction of sp³-hybridized carbons (Fsp3) is 0.286. The summed E-state index contributed by atoms with van der Waals surface area (Å²) in [7, 11) is 0. The van der Waals surface area contributed by atoms with E-state index < -0.39 is 0 Å². The lowest BCUT2D eigenvalue weighted by atomic mass is 10.1. The summed E-state index contributed by atoms with van der Waals surface area (Å²) in [4.78, 5) is 11.2. The van der Waals surface area contributed by atoms with E-state index in [0.29, 0.717) is 5.82 Å². The van der Waals surface area contributed by atoms with Crippen molar-refractivity contribution in [2.75, 3.05) is 23.7 Å². The number of nitrogens with zero attached hydrogens (tertiary/aromatic N) is 3. The lowest BCUT2D eigenvalue weighted by Gasteiger charge is -2.27. The van der Waals surface area contributed by atoms with Crippen LogP contribution in [0.1, 0.15) is 13.3 Å². The predicted molar refractivity (Wildman–Crippen MR) is 74.5 cm³/mol. The zero-order chi connectivity index (χ0) is 12.5. The SMILES string of the molecule is CC1=CCN(c2nc3ccccc3nc2N)CC1. The molecule has 0 saturated carbocycles. The summed E-state index contributed by atoms with van der Waals surface area (Å²) >= 11 is 0. The largest absolute Gasteiger partial charge is 0.381 e. The van der Waals surface area contributed by atoms with Crippen LogP contribution in [0.15, 0.2) is 35.9 Å². The Morgan fingerprint density at radius 2 is 1.89 bits per heavy atom. The van der Waals surface area contributed by atoms with Crippen molar-refractivity contribution < 1.29 is 0 Å². The molecule has 0 bridgehead atoms. The van der Waals surface area contributed by atoms with Crippen LogP contribution < -0.4 is 10.6 Å². The first-order valence-electron chi connectivity index (χ1n) is 6.17. The molecule has 18 heavy (non-hydrogen) atoms. The van der Waals surface area contributed by atoms with Crippen molar-refractivity contribution in [1.29, 1.82) is 0 Å². The first kappa shape index (κ1) is 11.0. The second-order valence-electron chi connectivity index (χ2n) is 4.67. The molecular weight excluding hydrogens is 224 g/mol. The normalized spacial score (nSPS) is 15.8. The highest BCUT2D eigenvalue weighted by atomic mass is 15.2. The van der Waals surface area contributed by atoms with Crippen LogP contribution in [-0.2, 0) is 0 Å². The molecule has 4 heteroatoms. The first-order chi connectivity index (χ1) is 8.74. The number of fused-ring (bicyclic) bond motifs is 1. The summed E-state index contributed by atoms with van der Waals surface area (Å²) < 4.78 is 0. The summed E-state index contributed by atoms with van der Waals surface area (Å²) in [6.07, 6.45) is 3.29. The maximum Gasteiger partial charge on any atom is 0.172 e. The zero-order valence-corrected chi connectivity index (χ0v) is 10.4. The number of nitrogens with two attached hydrogens (primary N) is 1. The van der Waals surface area contributed by atoms with E-state index in [9.17, 15) is 0 Å². The minimum Gasteiger partial charge on any atom is -0.381 e. The van der Waals surface area contributed by atoms with E-state index in [0.717, 1.165) is 36.4 Å². The van der Waals surface area contributed by atoms with E-state index in [4.69, 9.17) is 5.73 Å². The van der Waals surface area contributed by atoms with Crippen LogP contribution in [0.25, 0.3) is 11.0 Å². The molecule has 0 fully saturated rings. The third-order valence-electron chi connectivity index (χ3n) is 3.31. The van der Waals surface area contributed by atoms with Gasteiger partial charge in [0.05, 0.1) is 11.0 Å². The second-order valence-corrected chi connectivity index (χ2v) is 4.67. The van der Waals surface area contributed by atoms with Crippen LogP contribution in [0.5, 0.6) is 0 Å². The van der Waals surface area contributed by atoms with Gasteiger partial charge >= 0.3 is 0 Å². The fourth-order valence-corrected chi connectivity index (χ4v) is 2.20. The third kappa shape index (κ3) is 1.90. The zero-order valence-electron chi connectivity index (χ0n) is 10.4. The predicted octanol–water partition coefficient (Wildman–Crippen LogP) is 2.37. The topological polar surface area (TPSA) is 55.0 Å². The standard InChI is InChI=1S/C14H16N4/c1-10-6-8-18(9-7-10)14-13(15)16-11-4-2-3-5-12(11)17-14/h2-6H,7-9H2,1H3,(H2,15,16). The molecule has 0 atom stereocenters. The van der Waals surface area contributed by atoms with E-state index >= 15 is 0 Å². The van der Waals surface area contributed by atoms with Crippen LogP contribution in [0.4, 0.5) is 11.6 Å². The second kappa shape index (κ2) is 4.29. The van der Waals surface area contributed by atoms with Crippen LogP contribution in [0, 0.1) is 0 Å². The molecule has 92 valence electrons. The molecule has 4 nitrogen and oxygen atoms in total. The van der Waals surface area contributed by atoms with Crippen molar-refractivity contribution in [3.05, 3.63) is 35.9 Å². The van der Waals surface area contributed by atoms with Crippen molar-refractivity contribution in [3.8, 4) is 0 Å². The molecule has 1 aromatic heterocycles. The van der Waals surface area contributed by atoms with Gasteiger partial charge in [0.2, 0.25) is 0 Å². The molecule has 1 aromatic carbocycles. The molecular formula is C14H16N4. The van der Waals surface area contributed by atoms with Gasteiger partial charge in [-0.2, -0.15) is 0 Å². The minimum absolute atomic E-state index is 0.515. The molecule has 1 aliphatic heterocycles. The average Bonchev–Trinajstić information content (AvgIpc) is 2.39. The molecule has 2 aromatic rings. The molecule has 0 saturated heterocycles. The summed E-state index contributed by atoms with van der Waals surface area (Å²) in [5.74, 6) is 1.32. The van der Waals surface area contributed by atoms with E-state index in [1.165, 1.54) is 5.57 Å². The van der Waals surface area contributed by atoms with E-state index in [-0.39, 0.29) is 0 Å². The maximum atomic E-state index is 6.02. The fourth-order valence-electron chi connectivity index (χ4n) is 2.20. The van der Waals surface area contributed by atoms with Gasteiger partial charge in [-0.3, -0.25) is 0 Å². The van der Waals surface area contributed by atoms with Crippen LogP contribution in [-0.4, -0.2) is 23.1 Å². The molecule has 2 N–H and O–H groups in total. The minimum atomic E-state index is 0.515. The van der Waals surface area contributed by atoms with Crippen molar-refractivity contribution in [3.63, 3.8) is 0 Å². The number of para-hydroxylation sites is 2. The van der Waals surface area contributed by atoms with Gasteiger partial charge in [0, 0.05) is 13.1 Å². The number of benzene rings is 1. The smallest absolute Gasteiger partial charge is 0.172 e. The van der Waals surface area contributed by atoms with Gasteiger partial charge in [0.15, 0.2) is 11.6 Å². The van der Waals surface area contributed by atoms with Crippen LogP contribution in [0.3, 0.4) is 0 Å². The van der Waals surface area contributed by atoms with E-state index in [2.05, 4.69) is 27.9 Å². The number of rotatable bonds is 1. The highest BCUT2D eigenvalue weighted by molar-refractivity contribution is 5.79. The third-order valence-corrected chi connectivity index (χ3v) is 3.31. The van der Waals surface area contributed by atoms with Crippen molar-refractivity contribution in [1.82, 2.24) is 9.97 Å². The molecule has 3 rings (SSSR count). The number of nitrogen functional groups attached to an aromatic ring is 1. The van der Waals surface area contributed by atoms with Gasteiger partial charge in [0.1, 0.15) is 0 Å². The van der Waals surface area contributed by atoms with Crippen molar-refractivity contribution in [2.45, 2.75) is 13.3 Å². The summed E-state index contributed by atoms with van der Waals surface area (Å²) in [6.45, 7) is 3.98. The summed E-state index contributed by atoms with van der Waals surface area (Å²) in [5, 5.41) is 0. The molecule has 0 unspecified atom stereocenters. The molecule has 2 heterocycles. The van der Waals surface area contributed by atoms with Gasteiger partial charge < -0.3 is 10.6 Å². The van der Waals surface area contributed by atoms with Gasteiger partial charge in [-0.15, -0.1) is 0 Å². The van der Waals surface area contributed by atoms with Gasteiger partial charge in [-0.1, -0.05) is 23.8 Å². The van der Waals surface area contributed by atoms with Gasteiger partial charge in [-0.05, 0) is 25.5 Å². The average molecular weight is 240 g/mol. The molecule has 0 spiro atoms.